The van der Waals surface area contributed by atoms with Gasteiger partial charge in [-0.05, 0) is 24.6 Å². The molecular weight excluding hydrogens is 445 g/mol. The Morgan fingerprint density at radius 1 is 1.03 bits per heavy atom. The van der Waals surface area contributed by atoms with Crippen molar-refractivity contribution < 1.29 is 18.0 Å². The normalized spacial score (nSPS) is 17.6. The monoisotopic (exact) mass is 466 g/mol. The van der Waals surface area contributed by atoms with Crippen LogP contribution in [0.4, 0.5) is 24.8 Å². The highest BCUT2D eigenvalue weighted by Gasteiger charge is 2.46. The molecule has 0 saturated heterocycles. The maximum Gasteiger partial charge on any atom is 0.410 e. The molecule has 1 aliphatic heterocycles. The van der Waals surface area contributed by atoms with E-state index >= 15 is 0 Å². The van der Waals surface area contributed by atoms with Gasteiger partial charge in [0.25, 0.3) is 5.91 Å². The van der Waals surface area contributed by atoms with Crippen LogP contribution in [0.5, 0.6) is 0 Å². The molecule has 0 unspecified atom stereocenters. The van der Waals surface area contributed by atoms with Crippen LogP contribution in [0.15, 0.2) is 72.8 Å². The highest BCUT2D eigenvalue weighted by atomic mass is 19.4. The number of nitrogens with zero attached hydrogens (tertiary/aromatic N) is 4. The van der Waals surface area contributed by atoms with Crippen molar-refractivity contribution in [2.45, 2.75) is 31.6 Å². The van der Waals surface area contributed by atoms with Gasteiger partial charge in [-0.25, -0.2) is 9.36 Å². The number of aryl methyl sites for hydroxylation is 1. The fourth-order valence-corrected chi connectivity index (χ4v) is 4.12. The average Bonchev–Trinajstić information content (AvgIpc) is 3.42. The van der Waals surface area contributed by atoms with Gasteiger partial charge in [-0.15, -0.1) is 0 Å². The maximum absolute atomic E-state index is 13.9. The zero-order chi connectivity index (χ0) is 23.9. The number of para-hydroxylation sites is 1. The summed E-state index contributed by atoms with van der Waals surface area (Å²) >= 11 is 0. The standard InChI is InChI=1S/C24H21F3N6O/c1-15-12-21(32(30-15)17-10-6-3-7-11-17)29-23(34)19-14-22-28-18(16-8-4-2-5-9-16)13-20(24(25,26)27)33(22)31-19/h2-12,14,18,20,28H,13H2,1H3,(H,29,34)/t18-,20-/m1/s1. The first-order valence-corrected chi connectivity index (χ1v) is 10.7. The molecule has 2 aromatic heterocycles. The lowest BCUT2D eigenvalue weighted by molar-refractivity contribution is -0.173. The van der Waals surface area contributed by atoms with Gasteiger partial charge in [-0.3, -0.25) is 4.79 Å². The number of amides is 1. The molecule has 0 spiro atoms. The van der Waals surface area contributed by atoms with Crippen LogP contribution in [0, 0.1) is 6.92 Å². The first-order valence-electron chi connectivity index (χ1n) is 10.7. The minimum absolute atomic E-state index is 0.121. The highest BCUT2D eigenvalue weighted by molar-refractivity contribution is 6.03. The van der Waals surface area contributed by atoms with E-state index in [9.17, 15) is 18.0 Å². The van der Waals surface area contributed by atoms with Crippen LogP contribution in [0.3, 0.4) is 0 Å². The van der Waals surface area contributed by atoms with Crippen LogP contribution in [-0.4, -0.2) is 31.6 Å². The Balaban J connectivity index is 1.45. The number of hydrogen-bond acceptors (Lipinski definition) is 4. The topological polar surface area (TPSA) is 76.8 Å². The van der Waals surface area contributed by atoms with E-state index in [4.69, 9.17) is 0 Å². The van der Waals surface area contributed by atoms with Crippen molar-refractivity contribution >= 4 is 17.5 Å². The summed E-state index contributed by atoms with van der Waals surface area (Å²) in [7, 11) is 0. The predicted molar refractivity (Wildman–Crippen MR) is 121 cm³/mol. The van der Waals surface area contributed by atoms with Crippen molar-refractivity contribution in [2.24, 2.45) is 0 Å². The molecule has 7 nitrogen and oxygen atoms in total. The van der Waals surface area contributed by atoms with Crippen LogP contribution in [0.25, 0.3) is 5.69 Å². The molecule has 34 heavy (non-hydrogen) atoms. The van der Waals surface area contributed by atoms with Gasteiger partial charge in [0.1, 0.15) is 11.6 Å². The number of nitrogens with one attached hydrogen (secondary N) is 2. The number of carbonyl (C=O) groups is 1. The predicted octanol–water partition coefficient (Wildman–Crippen LogP) is 5.29. The number of aromatic nitrogens is 4. The average molecular weight is 466 g/mol. The molecule has 4 aromatic rings. The number of hydrogen-bond donors (Lipinski definition) is 2. The third kappa shape index (κ3) is 4.14. The van der Waals surface area contributed by atoms with Crippen molar-refractivity contribution in [3.63, 3.8) is 0 Å². The van der Waals surface area contributed by atoms with Gasteiger partial charge in [0.2, 0.25) is 0 Å². The molecule has 174 valence electrons. The van der Waals surface area contributed by atoms with Gasteiger partial charge in [0.15, 0.2) is 11.7 Å². The number of fused-ring (bicyclic) bond motifs is 1. The molecule has 2 aromatic carbocycles. The van der Waals surface area contributed by atoms with Crippen molar-refractivity contribution in [3.8, 4) is 5.69 Å². The lowest BCUT2D eigenvalue weighted by atomic mass is 9.97. The van der Waals surface area contributed by atoms with E-state index in [0.29, 0.717) is 11.5 Å². The lowest BCUT2D eigenvalue weighted by Gasteiger charge is -2.33. The number of anilines is 2. The zero-order valence-electron chi connectivity index (χ0n) is 18.1. The quantitative estimate of drug-likeness (QED) is 0.429. The maximum atomic E-state index is 13.9. The van der Waals surface area contributed by atoms with Crippen molar-refractivity contribution in [1.82, 2.24) is 19.6 Å². The largest absolute Gasteiger partial charge is 0.410 e. The fraction of sp³-hybridized carbons (Fsp3) is 0.208. The second-order valence-electron chi connectivity index (χ2n) is 8.13. The van der Waals surface area contributed by atoms with Crippen molar-refractivity contribution in [3.05, 3.63) is 89.7 Å². The van der Waals surface area contributed by atoms with Crippen molar-refractivity contribution in [2.75, 3.05) is 10.6 Å². The zero-order valence-corrected chi connectivity index (χ0v) is 18.1. The molecule has 5 rings (SSSR count). The summed E-state index contributed by atoms with van der Waals surface area (Å²) in [6, 6.07) is 18.7. The Morgan fingerprint density at radius 2 is 1.71 bits per heavy atom. The number of alkyl halides is 3. The molecule has 0 radical (unpaired) electrons. The number of carbonyl (C=O) groups excluding carboxylic acids is 1. The van der Waals surface area contributed by atoms with Gasteiger partial charge in [-0.1, -0.05) is 48.5 Å². The SMILES string of the molecule is Cc1cc(NC(=O)c2cc3n(n2)[C@@H](C(F)(F)F)C[C@H](c2ccccc2)N3)n(-c2ccccc2)n1. The van der Waals surface area contributed by atoms with Crippen LogP contribution >= 0.6 is 0 Å². The summed E-state index contributed by atoms with van der Waals surface area (Å²) in [6.07, 6.45) is -4.75. The summed E-state index contributed by atoms with van der Waals surface area (Å²) in [6.45, 7) is 1.78. The van der Waals surface area contributed by atoms with E-state index in [1.807, 2.05) is 36.4 Å². The Bertz CT molecular complexity index is 1310. The second kappa shape index (κ2) is 8.36. The molecular formula is C24H21F3N6O. The number of halogens is 3. The summed E-state index contributed by atoms with van der Waals surface area (Å²) in [5.41, 5.74) is 2.02. The molecule has 1 amide bonds. The van der Waals surface area contributed by atoms with Gasteiger partial charge in [0, 0.05) is 18.6 Å². The van der Waals surface area contributed by atoms with Gasteiger partial charge >= 0.3 is 6.18 Å². The molecule has 10 heteroatoms. The summed E-state index contributed by atoms with van der Waals surface area (Å²) in [5, 5.41) is 14.2. The van der Waals surface area contributed by atoms with Crippen LogP contribution < -0.4 is 10.6 Å². The van der Waals surface area contributed by atoms with Crippen molar-refractivity contribution in [1.29, 1.82) is 0 Å². The smallest absolute Gasteiger partial charge is 0.363 e. The summed E-state index contributed by atoms with van der Waals surface area (Å²) in [4.78, 5) is 13.0. The molecule has 0 saturated carbocycles. The third-order valence-electron chi connectivity index (χ3n) is 5.70. The van der Waals surface area contributed by atoms with Crippen LogP contribution in [-0.2, 0) is 0 Å². The van der Waals surface area contributed by atoms with E-state index in [2.05, 4.69) is 20.8 Å². The molecule has 0 fully saturated rings. The summed E-state index contributed by atoms with van der Waals surface area (Å²) in [5.74, 6) is -0.0968. The minimum atomic E-state index is -4.52. The first kappa shape index (κ1) is 21.7. The first-order chi connectivity index (χ1) is 16.3. The lowest BCUT2D eigenvalue weighted by Crippen LogP contribution is -2.35. The molecule has 0 bridgehead atoms. The Kier molecular flexibility index (Phi) is 5.35. The van der Waals surface area contributed by atoms with Crippen LogP contribution in [0.2, 0.25) is 0 Å². The molecule has 0 aliphatic carbocycles. The Morgan fingerprint density at radius 3 is 2.38 bits per heavy atom. The highest BCUT2D eigenvalue weighted by Crippen LogP contribution is 2.43. The van der Waals surface area contributed by atoms with E-state index in [1.165, 1.54) is 6.07 Å². The van der Waals surface area contributed by atoms with Crippen LogP contribution in [0.1, 0.15) is 40.3 Å². The van der Waals surface area contributed by atoms with E-state index in [-0.39, 0.29) is 17.9 Å². The van der Waals surface area contributed by atoms with Gasteiger partial charge < -0.3 is 10.6 Å². The van der Waals surface area contributed by atoms with Gasteiger partial charge in [-0.2, -0.15) is 23.4 Å². The number of rotatable bonds is 4. The Hall–Kier alpha value is -4.08. The van der Waals surface area contributed by atoms with E-state index in [0.717, 1.165) is 15.9 Å². The fourth-order valence-electron chi connectivity index (χ4n) is 4.12. The van der Waals surface area contributed by atoms with Gasteiger partial charge in [0.05, 0.1) is 17.4 Å². The second-order valence-corrected chi connectivity index (χ2v) is 8.13. The molecule has 1 aliphatic rings. The molecule has 2 N–H and O–H groups in total. The molecule has 3 heterocycles. The van der Waals surface area contributed by atoms with E-state index < -0.39 is 24.2 Å². The van der Waals surface area contributed by atoms with E-state index in [1.54, 1.807) is 41.9 Å². The molecule has 2 atom stereocenters. The third-order valence-corrected chi connectivity index (χ3v) is 5.70. The summed E-state index contributed by atoms with van der Waals surface area (Å²) < 4.78 is 44.1. The number of benzene rings is 2. The Labute approximate surface area is 193 Å². The minimum Gasteiger partial charge on any atom is -0.363 e.